The third-order valence-electron chi connectivity index (χ3n) is 6.67. The van der Waals surface area contributed by atoms with Crippen molar-refractivity contribution >= 4 is 12.0 Å². The van der Waals surface area contributed by atoms with Crippen LogP contribution < -0.4 is 5.32 Å². The minimum atomic E-state index is -1.05. The van der Waals surface area contributed by atoms with Gasteiger partial charge in [-0.05, 0) is 56.2 Å². The molecule has 2 aromatic rings. The number of nitrogens with zero attached hydrogens (tertiary/aromatic N) is 3. The van der Waals surface area contributed by atoms with Crippen molar-refractivity contribution in [2.45, 2.75) is 38.5 Å². The number of carbonyl (C=O) groups excluding carboxylic acids is 2. The lowest BCUT2D eigenvalue weighted by molar-refractivity contribution is -0.139. The lowest BCUT2D eigenvalue weighted by Crippen LogP contribution is -2.62. The highest BCUT2D eigenvalue weighted by atomic mass is 19.2. The van der Waals surface area contributed by atoms with Gasteiger partial charge in [-0.15, -0.1) is 0 Å². The van der Waals surface area contributed by atoms with Gasteiger partial charge in [-0.1, -0.05) is 12.1 Å². The average molecular weight is 537 g/mol. The van der Waals surface area contributed by atoms with Gasteiger partial charge in [0, 0.05) is 45.8 Å². The van der Waals surface area contributed by atoms with E-state index in [1.165, 1.54) is 17.0 Å². The van der Waals surface area contributed by atoms with Gasteiger partial charge >= 0.3 is 6.09 Å². The number of hydrogen-bond donors (Lipinski definition) is 1. The van der Waals surface area contributed by atoms with Crippen molar-refractivity contribution in [1.29, 1.82) is 0 Å². The van der Waals surface area contributed by atoms with Crippen molar-refractivity contribution < 1.29 is 31.9 Å². The number of piperazine rings is 2. The second-order valence-electron chi connectivity index (χ2n) is 10.5. The summed E-state index contributed by atoms with van der Waals surface area (Å²) in [5.41, 5.74) is 0.0556. The molecule has 206 valence electrons. The Hall–Kier alpha value is -3.18. The minimum absolute atomic E-state index is 0.222. The molecule has 4 rings (SSSR count). The number of hydrogen-bond acceptors (Lipinski definition) is 5. The highest BCUT2D eigenvalue weighted by Crippen LogP contribution is 2.32. The molecule has 7 nitrogen and oxygen atoms in total. The van der Waals surface area contributed by atoms with Crippen LogP contribution >= 0.6 is 0 Å². The van der Waals surface area contributed by atoms with E-state index in [2.05, 4.69) is 5.32 Å². The van der Waals surface area contributed by atoms with E-state index in [0.717, 1.165) is 24.3 Å². The van der Waals surface area contributed by atoms with Crippen LogP contribution in [0, 0.1) is 23.3 Å². The van der Waals surface area contributed by atoms with E-state index in [0.29, 0.717) is 56.9 Å². The number of amides is 2. The first-order valence-corrected chi connectivity index (χ1v) is 12.6. The van der Waals surface area contributed by atoms with Crippen molar-refractivity contribution in [3.63, 3.8) is 0 Å². The predicted octanol–water partition coefficient (Wildman–Crippen LogP) is 3.69. The molecule has 2 saturated heterocycles. The molecule has 1 atom stereocenters. The van der Waals surface area contributed by atoms with Gasteiger partial charge in [-0.3, -0.25) is 14.6 Å². The van der Waals surface area contributed by atoms with Gasteiger partial charge in [-0.2, -0.15) is 0 Å². The lowest BCUT2D eigenvalue weighted by atomic mass is 9.95. The highest BCUT2D eigenvalue weighted by Gasteiger charge is 2.38. The first-order chi connectivity index (χ1) is 17.9. The van der Waals surface area contributed by atoms with Crippen LogP contribution in [0.5, 0.6) is 0 Å². The quantitative estimate of drug-likeness (QED) is 0.604. The van der Waals surface area contributed by atoms with E-state index in [9.17, 15) is 27.2 Å². The molecule has 0 aromatic heterocycles. The molecule has 1 unspecified atom stereocenters. The molecule has 2 aliphatic heterocycles. The number of ether oxygens (including phenoxy) is 1. The van der Waals surface area contributed by atoms with Crippen LogP contribution in [-0.4, -0.2) is 84.2 Å². The maximum absolute atomic E-state index is 14.1. The molecule has 2 aliphatic rings. The average Bonchev–Trinajstić information content (AvgIpc) is 2.87. The standard InChI is InChI=1S/C27H32F4N4O3/c1-27(2,3)38-26(37)35-9-8-32-16-23(35)25(36)34-12-10-33(11-13-34)24(17-4-6-19(28)21(30)14-17)18-5-7-20(29)22(31)15-18/h4-7,14-15,23-24,32H,8-13,16H2,1-3H3. The summed E-state index contributed by atoms with van der Waals surface area (Å²) in [6.45, 7) is 7.72. The van der Waals surface area contributed by atoms with Crippen molar-refractivity contribution in [3.05, 3.63) is 70.8 Å². The summed E-state index contributed by atoms with van der Waals surface area (Å²) in [4.78, 5) is 31.2. The molecule has 11 heteroatoms. The second kappa shape index (κ2) is 11.3. The summed E-state index contributed by atoms with van der Waals surface area (Å²) in [6.07, 6.45) is -0.548. The summed E-state index contributed by atoms with van der Waals surface area (Å²) in [5, 5.41) is 3.15. The minimum Gasteiger partial charge on any atom is -0.444 e. The normalized spacial score (nSPS) is 19.1. The van der Waals surface area contributed by atoms with Crippen LogP contribution in [0.25, 0.3) is 0 Å². The fourth-order valence-corrected chi connectivity index (χ4v) is 4.85. The Morgan fingerprint density at radius 3 is 1.92 bits per heavy atom. The molecular formula is C27H32F4N4O3. The molecule has 38 heavy (non-hydrogen) atoms. The lowest BCUT2D eigenvalue weighted by Gasteiger charge is -2.43. The number of nitrogens with one attached hydrogen (secondary N) is 1. The molecule has 0 spiro atoms. The Labute approximate surface area is 219 Å². The third-order valence-corrected chi connectivity index (χ3v) is 6.67. The SMILES string of the molecule is CC(C)(C)OC(=O)N1CCNCC1C(=O)N1CCN(C(c2ccc(F)c(F)c2)c2ccc(F)c(F)c2)CC1. The van der Waals surface area contributed by atoms with Crippen LogP contribution in [0.3, 0.4) is 0 Å². The highest BCUT2D eigenvalue weighted by molar-refractivity contribution is 5.86. The van der Waals surface area contributed by atoms with E-state index in [1.807, 2.05) is 4.90 Å². The maximum atomic E-state index is 14.1. The Bertz CT molecular complexity index is 1130. The van der Waals surface area contributed by atoms with Crippen LogP contribution in [0.2, 0.25) is 0 Å². The summed E-state index contributed by atoms with van der Waals surface area (Å²) < 4.78 is 61.0. The monoisotopic (exact) mass is 536 g/mol. The fraction of sp³-hybridized carbons (Fsp3) is 0.481. The molecule has 2 aromatic carbocycles. The maximum Gasteiger partial charge on any atom is 0.411 e. The topological polar surface area (TPSA) is 65.1 Å². The van der Waals surface area contributed by atoms with E-state index >= 15 is 0 Å². The molecule has 1 N–H and O–H groups in total. The van der Waals surface area contributed by atoms with Gasteiger partial charge < -0.3 is 15.0 Å². The first kappa shape index (κ1) is 27.8. The molecule has 2 fully saturated rings. The van der Waals surface area contributed by atoms with E-state index < -0.39 is 47.0 Å². The molecule has 2 amide bonds. The largest absolute Gasteiger partial charge is 0.444 e. The second-order valence-corrected chi connectivity index (χ2v) is 10.5. The van der Waals surface area contributed by atoms with Crippen LogP contribution in [0.1, 0.15) is 37.9 Å². The third kappa shape index (κ3) is 6.27. The van der Waals surface area contributed by atoms with Crippen molar-refractivity contribution in [3.8, 4) is 0 Å². The molecule has 0 bridgehead atoms. The van der Waals surface area contributed by atoms with E-state index in [4.69, 9.17) is 4.74 Å². The summed E-state index contributed by atoms with van der Waals surface area (Å²) in [7, 11) is 0. The smallest absolute Gasteiger partial charge is 0.411 e. The fourth-order valence-electron chi connectivity index (χ4n) is 4.85. The van der Waals surface area contributed by atoms with Crippen molar-refractivity contribution in [1.82, 2.24) is 20.0 Å². The van der Waals surface area contributed by atoms with E-state index in [1.54, 1.807) is 25.7 Å². The van der Waals surface area contributed by atoms with Gasteiger partial charge in [0.1, 0.15) is 11.6 Å². The van der Waals surface area contributed by atoms with Gasteiger partial charge in [0.2, 0.25) is 5.91 Å². The van der Waals surface area contributed by atoms with E-state index in [-0.39, 0.29) is 5.91 Å². The first-order valence-electron chi connectivity index (χ1n) is 12.6. The van der Waals surface area contributed by atoms with Crippen molar-refractivity contribution in [2.24, 2.45) is 0 Å². The molecule has 0 radical (unpaired) electrons. The Morgan fingerprint density at radius 2 is 1.42 bits per heavy atom. The van der Waals surface area contributed by atoms with Gasteiger partial charge in [0.05, 0.1) is 6.04 Å². The zero-order valence-corrected chi connectivity index (χ0v) is 21.6. The summed E-state index contributed by atoms with van der Waals surface area (Å²) >= 11 is 0. The van der Waals surface area contributed by atoms with Crippen LogP contribution in [0.15, 0.2) is 36.4 Å². The molecule has 2 heterocycles. The molecule has 0 aliphatic carbocycles. The van der Waals surface area contributed by atoms with Gasteiger partial charge in [0.25, 0.3) is 0 Å². The number of halogens is 4. The zero-order chi connectivity index (χ0) is 27.6. The van der Waals surface area contributed by atoms with Gasteiger partial charge in [0.15, 0.2) is 23.3 Å². The predicted molar refractivity (Wildman–Crippen MR) is 132 cm³/mol. The summed E-state index contributed by atoms with van der Waals surface area (Å²) in [5.74, 6) is -4.33. The van der Waals surface area contributed by atoms with Crippen LogP contribution in [0.4, 0.5) is 22.4 Å². The number of rotatable bonds is 4. The Balaban J connectivity index is 1.51. The van der Waals surface area contributed by atoms with Crippen molar-refractivity contribution in [2.75, 3.05) is 45.8 Å². The number of carbonyl (C=O) groups is 2. The number of benzene rings is 2. The Morgan fingerprint density at radius 1 is 0.868 bits per heavy atom. The zero-order valence-electron chi connectivity index (χ0n) is 21.6. The summed E-state index contributed by atoms with van der Waals surface area (Å²) in [6, 6.07) is 5.50. The molecular weight excluding hydrogens is 504 g/mol. The Kier molecular flexibility index (Phi) is 8.27. The molecule has 0 saturated carbocycles. The van der Waals surface area contributed by atoms with Crippen LogP contribution in [-0.2, 0) is 9.53 Å². The van der Waals surface area contributed by atoms with Gasteiger partial charge in [-0.25, -0.2) is 22.4 Å².